The number of aliphatic hydroxyl groups is 1. The van der Waals surface area contributed by atoms with Gasteiger partial charge in [0.25, 0.3) is 0 Å². The molecule has 100 valence electrons. The Kier molecular flexibility index (Phi) is 5.13. The van der Waals surface area contributed by atoms with Crippen molar-refractivity contribution in [3.63, 3.8) is 0 Å². The van der Waals surface area contributed by atoms with Crippen molar-refractivity contribution in [2.24, 2.45) is 0 Å². The molecule has 1 fully saturated rings. The first-order valence-electron chi connectivity index (χ1n) is 6.52. The summed E-state index contributed by atoms with van der Waals surface area (Å²) in [5, 5.41) is 13.1. The smallest absolute Gasteiger partial charge is 0.0917 e. The van der Waals surface area contributed by atoms with Gasteiger partial charge in [0, 0.05) is 26.2 Å². The number of nitrogens with one attached hydrogen (secondary N) is 1. The van der Waals surface area contributed by atoms with Crippen LogP contribution in [-0.4, -0.2) is 49.9 Å². The monoisotopic (exact) mass is 250 g/mol. The van der Waals surface area contributed by atoms with E-state index in [4.69, 9.17) is 4.74 Å². The SMILES string of the molecule is CNCC(O)c1ccccc1CN1CCOCC1. The highest BCUT2D eigenvalue weighted by molar-refractivity contribution is 5.29. The van der Waals surface area contributed by atoms with E-state index in [2.05, 4.69) is 16.3 Å². The highest BCUT2D eigenvalue weighted by Gasteiger charge is 2.15. The first-order valence-corrected chi connectivity index (χ1v) is 6.52. The van der Waals surface area contributed by atoms with Crippen molar-refractivity contribution in [1.82, 2.24) is 10.2 Å². The average molecular weight is 250 g/mol. The molecule has 1 saturated heterocycles. The van der Waals surface area contributed by atoms with Crippen LogP contribution in [0.25, 0.3) is 0 Å². The van der Waals surface area contributed by atoms with Crippen LogP contribution in [0.5, 0.6) is 0 Å². The maximum absolute atomic E-state index is 10.1. The summed E-state index contributed by atoms with van der Waals surface area (Å²) in [5.74, 6) is 0. The van der Waals surface area contributed by atoms with Crippen LogP contribution in [0.4, 0.5) is 0 Å². The van der Waals surface area contributed by atoms with Gasteiger partial charge in [0.2, 0.25) is 0 Å². The second-order valence-electron chi connectivity index (χ2n) is 4.66. The van der Waals surface area contributed by atoms with E-state index < -0.39 is 6.10 Å². The molecule has 0 radical (unpaired) electrons. The molecular formula is C14H22N2O2. The van der Waals surface area contributed by atoms with Crippen LogP contribution in [-0.2, 0) is 11.3 Å². The molecule has 2 rings (SSSR count). The molecule has 4 heteroatoms. The van der Waals surface area contributed by atoms with Crippen LogP contribution in [0, 0.1) is 0 Å². The van der Waals surface area contributed by atoms with Gasteiger partial charge in [-0.3, -0.25) is 4.90 Å². The number of benzene rings is 1. The van der Waals surface area contributed by atoms with Crippen molar-refractivity contribution in [2.75, 3.05) is 39.9 Å². The van der Waals surface area contributed by atoms with E-state index in [0.29, 0.717) is 6.54 Å². The van der Waals surface area contributed by atoms with Gasteiger partial charge in [-0.25, -0.2) is 0 Å². The van der Waals surface area contributed by atoms with Crippen LogP contribution >= 0.6 is 0 Å². The molecule has 1 atom stereocenters. The lowest BCUT2D eigenvalue weighted by atomic mass is 10.0. The molecule has 0 amide bonds. The molecule has 1 heterocycles. The summed E-state index contributed by atoms with van der Waals surface area (Å²) in [6, 6.07) is 8.13. The predicted octanol–water partition coefficient (Wildman–Crippen LogP) is 0.772. The fourth-order valence-corrected chi connectivity index (χ4v) is 2.31. The summed E-state index contributed by atoms with van der Waals surface area (Å²) in [7, 11) is 1.85. The molecule has 4 nitrogen and oxygen atoms in total. The molecule has 0 saturated carbocycles. The number of hydrogen-bond donors (Lipinski definition) is 2. The van der Waals surface area contributed by atoms with Crippen molar-refractivity contribution in [1.29, 1.82) is 0 Å². The number of hydrogen-bond acceptors (Lipinski definition) is 4. The highest BCUT2D eigenvalue weighted by Crippen LogP contribution is 2.19. The Hall–Kier alpha value is -0.940. The van der Waals surface area contributed by atoms with Crippen LogP contribution in [0.2, 0.25) is 0 Å². The second-order valence-corrected chi connectivity index (χ2v) is 4.66. The van der Waals surface area contributed by atoms with Gasteiger partial charge in [0.05, 0.1) is 19.3 Å². The van der Waals surface area contributed by atoms with E-state index in [0.717, 1.165) is 38.4 Å². The van der Waals surface area contributed by atoms with Gasteiger partial charge in [0.1, 0.15) is 0 Å². The van der Waals surface area contributed by atoms with Crippen LogP contribution in [0.3, 0.4) is 0 Å². The molecule has 2 N–H and O–H groups in total. The minimum atomic E-state index is -0.438. The fourth-order valence-electron chi connectivity index (χ4n) is 2.31. The molecule has 1 aromatic rings. The second kappa shape index (κ2) is 6.85. The van der Waals surface area contributed by atoms with Crippen molar-refractivity contribution in [3.05, 3.63) is 35.4 Å². The van der Waals surface area contributed by atoms with E-state index in [1.54, 1.807) is 0 Å². The molecule has 1 aliphatic rings. The van der Waals surface area contributed by atoms with Gasteiger partial charge < -0.3 is 15.2 Å². The van der Waals surface area contributed by atoms with E-state index >= 15 is 0 Å². The maximum Gasteiger partial charge on any atom is 0.0917 e. The predicted molar refractivity (Wildman–Crippen MR) is 71.4 cm³/mol. The van der Waals surface area contributed by atoms with Crippen molar-refractivity contribution >= 4 is 0 Å². The molecular weight excluding hydrogens is 228 g/mol. The summed E-state index contributed by atoms with van der Waals surface area (Å²) in [6.45, 7) is 5.02. The molecule has 0 spiro atoms. The van der Waals surface area contributed by atoms with Crippen LogP contribution in [0.15, 0.2) is 24.3 Å². The molecule has 0 aliphatic carbocycles. The third kappa shape index (κ3) is 3.53. The molecule has 0 bridgehead atoms. The molecule has 1 aliphatic heterocycles. The highest BCUT2D eigenvalue weighted by atomic mass is 16.5. The van der Waals surface area contributed by atoms with Gasteiger partial charge in [0.15, 0.2) is 0 Å². The average Bonchev–Trinajstić information content (AvgIpc) is 2.41. The lowest BCUT2D eigenvalue weighted by Gasteiger charge is -2.28. The lowest BCUT2D eigenvalue weighted by molar-refractivity contribution is 0.0337. The Morgan fingerprint density at radius 3 is 2.78 bits per heavy atom. The normalized spacial score (nSPS) is 18.8. The Morgan fingerprint density at radius 2 is 2.06 bits per heavy atom. The van der Waals surface area contributed by atoms with Gasteiger partial charge in [-0.05, 0) is 18.2 Å². The Morgan fingerprint density at radius 1 is 1.33 bits per heavy atom. The van der Waals surface area contributed by atoms with E-state index in [-0.39, 0.29) is 0 Å². The topological polar surface area (TPSA) is 44.7 Å². The quantitative estimate of drug-likeness (QED) is 0.810. The third-order valence-corrected chi connectivity index (χ3v) is 3.31. The minimum absolute atomic E-state index is 0.438. The number of ether oxygens (including phenoxy) is 1. The summed E-state index contributed by atoms with van der Waals surface area (Å²) in [5.41, 5.74) is 2.24. The lowest BCUT2D eigenvalue weighted by Crippen LogP contribution is -2.36. The van der Waals surface area contributed by atoms with Gasteiger partial charge in [-0.1, -0.05) is 24.3 Å². The third-order valence-electron chi connectivity index (χ3n) is 3.31. The molecule has 18 heavy (non-hydrogen) atoms. The number of nitrogens with zero attached hydrogens (tertiary/aromatic N) is 1. The zero-order chi connectivity index (χ0) is 12.8. The first kappa shape index (κ1) is 13.5. The summed E-state index contributed by atoms with van der Waals surface area (Å²) >= 11 is 0. The molecule has 1 aromatic carbocycles. The van der Waals surface area contributed by atoms with Gasteiger partial charge >= 0.3 is 0 Å². The van der Waals surface area contributed by atoms with Crippen LogP contribution in [0.1, 0.15) is 17.2 Å². The minimum Gasteiger partial charge on any atom is -0.387 e. The van der Waals surface area contributed by atoms with E-state index in [9.17, 15) is 5.11 Å². The Balaban J connectivity index is 2.06. The number of aliphatic hydroxyl groups excluding tert-OH is 1. The fraction of sp³-hybridized carbons (Fsp3) is 0.571. The van der Waals surface area contributed by atoms with E-state index in [1.807, 2.05) is 25.2 Å². The molecule has 0 aromatic heterocycles. The largest absolute Gasteiger partial charge is 0.387 e. The van der Waals surface area contributed by atoms with E-state index in [1.165, 1.54) is 5.56 Å². The number of rotatable bonds is 5. The Labute approximate surface area is 109 Å². The number of likely N-dealkylation sites (N-methyl/N-ethyl adjacent to an activating group) is 1. The van der Waals surface area contributed by atoms with Crippen molar-refractivity contribution < 1.29 is 9.84 Å². The Bertz CT molecular complexity index is 365. The summed E-state index contributed by atoms with van der Waals surface area (Å²) in [4.78, 5) is 2.37. The van der Waals surface area contributed by atoms with Crippen LogP contribution < -0.4 is 5.32 Å². The first-order chi connectivity index (χ1) is 8.81. The van der Waals surface area contributed by atoms with Crippen molar-refractivity contribution in [3.8, 4) is 0 Å². The standard InChI is InChI=1S/C14H22N2O2/c1-15-10-14(17)13-5-3-2-4-12(13)11-16-6-8-18-9-7-16/h2-5,14-15,17H,6-11H2,1H3. The van der Waals surface area contributed by atoms with Gasteiger partial charge in [-0.2, -0.15) is 0 Å². The molecule has 1 unspecified atom stereocenters. The van der Waals surface area contributed by atoms with Gasteiger partial charge in [-0.15, -0.1) is 0 Å². The zero-order valence-corrected chi connectivity index (χ0v) is 10.9. The zero-order valence-electron chi connectivity index (χ0n) is 10.9. The summed E-state index contributed by atoms with van der Waals surface area (Å²) in [6.07, 6.45) is -0.438. The maximum atomic E-state index is 10.1. The summed E-state index contributed by atoms with van der Waals surface area (Å²) < 4.78 is 5.35. The number of morpholine rings is 1. The van der Waals surface area contributed by atoms with Crippen molar-refractivity contribution in [2.45, 2.75) is 12.6 Å².